The van der Waals surface area contributed by atoms with Crippen LogP contribution in [-0.2, 0) is 12.1 Å². The molecule has 1 aromatic heterocycles. The molecular weight excluding hydrogens is 357 g/mol. The van der Waals surface area contributed by atoms with Crippen LogP contribution in [0.15, 0.2) is 42.0 Å². The van der Waals surface area contributed by atoms with Gasteiger partial charge in [0.25, 0.3) is 5.92 Å². The smallest absolute Gasteiger partial charge is 0.320 e. The molecule has 0 unspecified atom stereocenters. The summed E-state index contributed by atoms with van der Waals surface area (Å²) in [6.45, 7) is 2.52. The van der Waals surface area contributed by atoms with E-state index in [1.165, 1.54) is 12.4 Å². The van der Waals surface area contributed by atoms with E-state index in [4.69, 9.17) is 0 Å². The molecule has 2 N–H and O–H groups in total. The van der Waals surface area contributed by atoms with Crippen molar-refractivity contribution in [3.05, 3.63) is 58.9 Å². The first-order chi connectivity index (χ1) is 12.7. The van der Waals surface area contributed by atoms with Crippen LogP contribution in [0.4, 0.5) is 23.7 Å². The quantitative estimate of drug-likeness (QED) is 0.787. The summed E-state index contributed by atoms with van der Waals surface area (Å²) in [6, 6.07) is 1.80. The zero-order valence-electron chi connectivity index (χ0n) is 14.9. The van der Waals surface area contributed by atoms with Gasteiger partial charge in [-0.15, -0.1) is 0 Å². The molecule has 2 aromatic rings. The van der Waals surface area contributed by atoms with E-state index >= 15 is 0 Å². The van der Waals surface area contributed by atoms with Crippen molar-refractivity contribution in [1.29, 1.82) is 0 Å². The molecule has 2 heterocycles. The Kier molecular flexibility index (Phi) is 3.83. The zero-order chi connectivity index (χ0) is 19.4. The van der Waals surface area contributed by atoms with Gasteiger partial charge in [-0.25, -0.2) is 22.9 Å². The van der Waals surface area contributed by atoms with Crippen molar-refractivity contribution in [3.8, 4) is 0 Å². The van der Waals surface area contributed by atoms with Gasteiger partial charge in [-0.3, -0.25) is 0 Å². The molecule has 0 saturated heterocycles. The van der Waals surface area contributed by atoms with E-state index in [2.05, 4.69) is 15.6 Å². The standard InChI is InChI=1S/C19H19F3N4O/c1-11(12-3-4-12)19(18(2,21)22)14-8-15(20)13(9-26-6-5-23-10-26)7-16(14)24-17(27)25-19/h5-8,10H,3-4,9H2,1-2H3,(H2,24,25,27)/t19-/m0/s1. The Morgan fingerprint density at radius 1 is 1.37 bits per heavy atom. The van der Waals surface area contributed by atoms with Gasteiger partial charge >= 0.3 is 6.03 Å². The fourth-order valence-corrected chi connectivity index (χ4v) is 3.79. The lowest BCUT2D eigenvalue weighted by molar-refractivity contribution is -0.0561. The monoisotopic (exact) mass is 376 g/mol. The lowest BCUT2D eigenvalue weighted by Crippen LogP contribution is -2.61. The van der Waals surface area contributed by atoms with Crippen molar-refractivity contribution in [3.63, 3.8) is 0 Å². The third-order valence-corrected chi connectivity index (χ3v) is 5.30. The highest BCUT2D eigenvalue weighted by Gasteiger charge is 2.58. The molecule has 0 radical (unpaired) electrons. The number of nitrogens with one attached hydrogen (secondary N) is 2. The molecule has 0 bridgehead atoms. The maximum atomic E-state index is 14.9. The maximum Gasteiger partial charge on any atom is 0.320 e. The number of benzene rings is 1. The SMILES string of the molecule is CC(=C1CC1)[C@]1(C(C)(F)F)NC(=O)Nc2cc(Cn3ccnc3)c(F)cc21. The van der Waals surface area contributed by atoms with Crippen LogP contribution in [0.5, 0.6) is 0 Å². The van der Waals surface area contributed by atoms with Crippen LogP contribution < -0.4 is 10.6 Å². The number of carbonyl (C=O) groups excluding carboxylic acids is 1. The minimum Gasteiger partial charge on any atom is -0.333 e. The molecule has 1 aliphatic heterocycles. The van der Waals surface area contributed by atoms with E-state index in [1.54, 1.807) is 23.9 Å². The number of rotatable bonds is 4. The molecule has 27 heavy (non-hydrogen) atoms. The molecule has 1 atom stereocenters. The Morgan fingerprint density at radius 3 is 2.70 bits per heavy atom. The number of carbonyl (C=O) groups is 1. The first-order valence-electron chi connectivity index (χ1n) is 8.67. The molecule has 2 amide bonds. The molecule has 1 fully saturated rings. The second-order valence-corrected chi connectivity index (χ2v) is 7.17. The average Bonchev–Trinajstić information content (AvgIpc) is 3.31. The third kappa shape index (κ3) is 2.79. The predicted octanol–water partition coefficient (Wildman–Crippen LogP) is 4.17. The highest BCUT2D eigenvalue weighted by molar-refractivity contribution is 5.95. The van der Waals surface area contributed by atoms with Gasteiger partial charge < -0.3 is 15.2 Å². The van der Waals surface area contributed by atoms with Crippen molar-refractivity contribution >= 4 is 11.7 Å². The molecule has 1 saturated carbocycles. The number of urea groups is 1. The number of allylic oxidation sites excluding steroid dienone is 1. The third-order valence-electron chi connectivity index (χ3n) is 5.30. The summed E-state index contributed by atoms with van der Waals surface area (Å²) in [5.41, 5.74) is -0.305. The summed E-state index contributed by atoms with van der Waals surface area (Å²) in [4.78, 5) is 16.2. The van der Waals surface area contributed by atoms with Gasteiger partial charge in [-0.1, -0.05) is 5.57 Å². The van der Waals surface area contributed by atoms with Crippen molar-refractivity contribution in [2.75, 3.05) is 5.32 Å². The number of fused-ring (bicyclic) bond motifs is 1. The lowest BCUT2D eigenvalue weighted by Gasteiger charge is -2.44. The van der Waals surface area contributed by atoms with Gasteiger partial charge in [0.1, 0.15) is 5.82 Å². The van der Waals surface area contributed by atoms with E-state index < -0.39 is 23.3 Å². The molecule has 8 heteroatoms. The number of aromatic nitrogens is 2. The van der Waals surface area contributed by atoms with E-state index in [0.717, 1.165) is 18.6 Å². The van der Waals surface area contributed by atoms with Crippen molar-refractivity contribution in [1.82, 2.24) is 14.9 Å². The van der Waals surface area contributed by atoms with Crippen LogP contribution in [0.3, 0.4) is 0 Å². The molecule has 4 rings (SSSR count). The van der Waals surface area contributed by atoms with E-state index in [-0.39, 0.29) is 23.4 Å². The lowest BCUT2D eigenvalue weighted by atomic mass is 9.75. The van der Waals surface area contributed by atoms with Crippen molar-refractivity contribution in [2.24, 2.45) is 0 Å². The largest absolute Gasteiger partial charge is 0.333 e. The molecule has 0 spiro atoms. The fourth-order valence-electron chi connectivity index (χ4n) is 3.79. The van der Waals surface area contributed by atoms with E-state index in [0.29, 0.717) is 18.4 Å². The van der Waals surface area contributed by atoms with Gasteiger partial charge in [-0.2, -0.15) is 0 Å². The molecule has 2 aliphatic rings. The summed E-state index contributed by atoms with van der Waals surface area (Å²) in [5.74, 6) is -3.93. The van der Waals surface area contributed by atoms with Gasteiger partial charge in [0.15, 0.2) is 5.54 Å². The number of nitrogens with zero attached hydrogens (tertiary/aromatic N) is 2. The van der Waals surface area contributed by atoms with Crippen LogP contribution in [-0.4, -0.2) is 21.5 Å². The Bertz CT molecular complexity index is 941. The minimum absolute atomic E-state index is 0.0402. The van der Waals surface area contributed by atoms with Crippen LogP contribution in [0.1, 0.15) is 37.8 Å². The fraction of sp³-hybridized carbons (Fsp3) is 0.368. The molecule has 142 valence electrons. The number of hydrogen-bond donors (Lipinski definition) is 2. The second kappa shape index (κ2) is 5.87. The molecular formula is C19H19F3N4O. The van der Waals surface area contributed by atoms with Gasteiger partial charge in [0.2, 0.25) is 0 Å². The van der Waals surface area contributed by atoms with E-state index in [9.17, 15) is 18.0 Å². The second-order valence-electron chi connectivity index (χ2n) is 7.17. The predicted molar refractivity (Wildman–Crippen MR) is 94.1 cm³/mol. The highest BCUT2D eigenvalue weighted by atomic mass is 19.3. The van der Waals surface area contributed by atoms with Gasteiger partial charge in [-0.05, 0) is 37.5 Å². The van der Waals surface area contributed by atoms with Gasteiger partial charge in [0.05, 0.1) is 12.9 Å². The molecule has 1 aliphatic carbocycles. The van der Waals surface area contributed by atoms with Gasteiger partial charge in [0, 0.05) is 36.1 Å². The van der Waals surface area contributed by atoms with Crippen molar-refractivity contribution in [2.45, 2.75) is 44.7 Å². The Hall–Kier alpha value is -2.77. The summed E-state index contributed by atoms with van der Waals surface area (Å²) in [6.07, 6.45) is 6.19. The summed E-state index contributed by atoms with van der Waals surface area (Å²) < 4.78 is 46.3. The minimum atomic E-state index is -3.32. The van der Waals surface area contributed by atoms with Crippen LogP contribution in [0, 0.1) is 5.82 Å². The number of hydrogen-bond acceptors (Lipinski definition) is 2. The maximum absolute atomic E-state index is 14.9. The van der Waals surface area contributed by atoms with E-state index in [1.807, 2.05) is 0 Å². The first kappa shape index (κ1) is 17.6. The Labute approximate surface area is 154 Å². The number of halogens is 3. The number of amides is 2. The Morgan fingerprint density at radius 2 is 2.11 bits per heavy atom. The number of anilines is 1. The summed E-state index contributed by atoms with van der Waals surface area (Å²) in [7, 11) is 0. The average molecular weight is 376 g/mol. The topological polar surface area (TPSA) is 59.0 Å². The highest BCUT2D eigenvalue weighted by Crippen LogP contribution is 2.51. The molecule has 5 nitrogen and oxygen atoms in total. The Balaban J connectivity index is 1.90. The number of alkyl halides is 2. The molecule has 1 aromatic carbocycles. The summed E-state index contributed by atoms with van der Waals surface area (Å²) in [5, 5.41) is 4.95. The van der Waals surface area contributed by atoms with Crippen molar-refractivity contribution < 1.29 is 18.0 Å². The van der Waals surface area contributed by atoms with Crippen LogP contribution in [0.2, 0.25) is 0 Å². The summed E-state index contributed by atoms with van der Waals surface area (Å²) >= 11 is 0. The number of imidazole rings is 1. The normalized spacial score (nSPS) is 21.4. The van der Waals surface area contributed by atoms with Crippen LogP contribution >= 0.6 is 0 Å². The van der Waals surface area contributed by atoms with Crippen LogP contribution in [0.25, 0.3) is 0 Å². The zero-order valence-corrected chi connectivity index (χ0v) is 14.9. The first-order valence-corrected chi connectivity index (χ1v) is 8.67.